The van der Waals surface area contributed by atoms with Crippen molar-refractivity contribution >= 4 is 11.7 Å². The smallest absolute Gasteiger partial charge is 0.228 e. The lowest BCUT2D eigenvalue weighted by Crippen LogP contribution is -2.66. The Labute approximate surface area is 236 Å². The minimum Gasteiger partial charge on any atom is -0.393 e. The lowest BCUT2D eigenvalue weighted by atomic mass is 9.33. The number of amides is 1. The van der Waals surface area contributed by atoms with Gasteiger partial charge in [-0.3, -0.25) is 9.59 Å². The summed E-state index contributed by atoms with van der Waals surface area (Å²) in [6.45, 7) is 19.1. The summed E-state index contributed by atoms with van der Waals surface area (Å²) >= 11 is 0. The molecule has 6 rings (SSSR count). The molecular weight excluding hydrogens is 486 g/mol. The number of aliphatic hydroxyl groups is 1. The van der Waals surface area contributed by atoms with E-state index in [1.54, 1.807) is 0 Å². The maximum absolute atomic E-state index is 14.5. The van der Waals surface area contributed by atoms with Crippen LogP contribution in [0.2, 0.25) is 0 Å². The number of morpholine rings is 1. The molecule has 0 aromatic rings. The number of carbonyl (C=O) groups excluding carboxylic acids is 2. The summed E-state index contributed by atoms with van der Waals surface area (Å²) in [5, 5.41) is 11.0. The maximum Gasteiger partial charge on any atom is 0.228 e. The predicted octanol–water partition coefficient (Wildman–Crippen LogP) is 6.19. The number of ether oxygens (including phenoxy) is 1. The molecular formula is C34H53NO4. The van der Waals surface area contributed by atoms with Crippen LogP contribution in [0.3, 0.4) is 0 Å². The fourth-order valence-corrected chi connectivity index (χ4v) is 11.5. The van der Waals surface area contributed by atoms with Crippen molar-refractivity contribution < 1.29 is 19.4 Å². The quantitative estimate of drug-likeness (QED) is 0.432. The van der Waals surface area contributed by atoms with Crippen LogP contribution in [-0.4, -0.2) is 54.1 Å². The molecule has 1 amide bonds. The maximum atomic E-state index is 14.5. The average Bonchev–Trinajstić information content (AvgIpc) is 2.89. The molecule has 0 bridgehead atoms. The van der Waals surface area contributed by atoms with Gasteiger partial charge in [0.05, 0.1) is 19.3 Å². The van der Waals surface area contributed by atoms with Crippen molar-refractivity contribution in [1.82, 2.24) is 4.90 Å². The molecule has 39 heavy (non-hydrogen) atoms. The highest BCUT2D eigenvalue weighted by atomic mass is 16.5. The van der Waals surface area contributed by atoms with Gasteiger partial charge in [-0.15, -0.1) is 0 Å². The number of rotatable bonds is 1. The number of fused-ring (bicyclic) bond motifs is 7. The van der Waals surface area contributed by atoms with Crippen molar-refractivity contribution in [2.24, 2.45) is 50.2 Å². The van der Waals surface area contributed by atoms with Gasteiger partial charge >= 0.3 is 0 Å². The summed E-state index contributed by atoms with van der Waals surface area (Å²) in [5.74, 6) is 1.26. The highest BCUT2D eigenvalue weighted by Crippen LogP contribution is 2.75. The number of carbonyl (C=O) groups is 2. The first kappa shape index (κ1) is 27.9. The molecule has 9 atom stereocenters. The second-order valence-electron chi connectivity index (χ2n) is 16.5. The number of hydrogen-bond acceptors (Lipinski definition) is 4. The molecule has 5 nitrogen and oxygen atoms in total. The molecule has 1 saturated heterocycles. The Bertz CT molecular complexity index is 1090. The van der Waals surface area contributed by atoms with Gasteiger partial charge in [0.2, 0.25) is 5.91 Å². The van der Waals surface area contributed by atoms with E-state index in [-0.39, 0.29) is 50.4 Å². The van der Waals surface area contributed by atoms with Gasteiger partial charge in [-0.1, -0.05) is 54.0 Å². The van der Waals surface area contributed by atoms with E-state index in [0.717, 1.165) is 51.4 Å². The zero-order chi connectivity index (χ0) is 28.2. The van der Waals surface area contributed by atoms with Crippen molar-refractivity contribution in [3.63, 3.8) is 0 Å². The van der Waals surface area contributed by atoms with E-state index >= 15 is 0 Å². The van der Waals surface area contributed by atoms with Gasteiger partial charge in [0.15, 0.2) is 5.78 Å². The van der Waals surface area contributed by atoms with Crippen LogP contribution in [0.4, 0.5) is 0 Å². The van der Waals surface area contributed by atoms with Crippen molar-refractivity contribution in [2.75, 3.05) is 26.3 Å². The second kappa shape index (κ2) is 8.66. The molecule has 1 aliphatic heterocycles. The molecule has 0 aromatic heterocycles. The number of aliphatic hydroxyl groups excluding tert-OH is 1. The van der Waals surface area contributed by atoms with Crippen LogP contribution in [0, 0.1) is 50.2 Å². The van der Waals surface area contributed by atoms with E-state index in [0.29, 0.717) is 43.9 Å². The van der Waals surface area contributed by atoms with E-state index in [1.165, 1.54) is 12.0 Å². The molecule has 1 N–H and O–H groups in total. The first-order valence-corrected chi connectivity index (χ1v) is 15.9. The van der Waals surface area contributed by atoms with Gasteiger partial charge in [0.1, 0.15) is 0 Å². The third-order valence-corrected chi connectivity index (χ3v) is 14.4. The molecule has 0 spiro atoms. The topological polar surface area (TPSA) is 66.8 Å². The molecule has 0 radical (unpaired) electrons. The second-order valence-corrected chi connectivity index (χ2v) is 16.5. The summed E-state index contributed by atoms with van der Waals surface area (Å²) in [5.41, 5.74) is 0.747. The SMILES string of the molecule is CC1(C)[C@@H](O)CC[C@@]2(C)[C@H]3C(=O)C=C4[C@H]5C[C@@](C)(C(=O)N6CCOCC6)CC[C@]5(C)CC[C@@]4(C)[C@@]3(C)CC[C@@H]12. The Hall–Kier alpha value is -1.20. The molecule has 0 aromatic carbocycles. The Balaban J connectivity index is 1.39. The Morgan fingerprint density at radius 3 is 2.28 bits per heavy atom. The molecule has 5 heteroatoms. The number of hydrogen-bond donors (Lipinski definition) is 1. The van der Waals surface area contributed by atoms with Gasteiger partial charge < -0.3 is 14.7 Å². The van der Waals surface area contributed by atoms with Crippen LogP contribution in [0.1, 0.15) is 106 Å². The molecule has 5 aliphatic carbocycles. The highest BCUT2D eigenvalue weighted by molar-refractivity contribution is 5.95. The van der Waals surface area contributed by atoms with E-state index in [2.05, 4.69) is 54.5 Å². The first-order valence-electron chi connectivity index (χ1n) is 15.9. The lowest BCUT2D eigenvalue weighted by molar-refractivity contribution is -0.202. The molecule has 0 unspecified atom stereocenters. The van der Waals surface area contributed by atoms with E-state index in [9.17, 15) is 14.7 Å². The molecule has 218 valence electrons. The van der Waals surface area contributed by atoms with Gasteiger partial charge in [0, 0.05) is 24.4 Å². The van der Waals surface area contributed by atoms with Crippen LogP contribution in [0.15, 0.2) is 11.6 Å². The van der Waals surface area contributed by atoms with Gasteiger partial charge in [-0.05, 0) is 103 Å². The van der Waals surface area contributed by atoms with Crippen molar-refractivity contribution in [3.05, 3.63) is 11.6 Å². The minimum atomic E-state index is -0.380. The van der Waals surface area contributed by atoms with Crippen LogP contribution in [-0.2, 0) is 14.3 Å². The van der Waals surface area contributed by atoms with Crippen LogP contribution >= 0.6 is 0 Å². The van der Waals surface area contributed by atoms with E-state index in [1.807, 2.05) is 4.90 Å². The van der Waals surface area contributed by atoms with Crippen LogP contribution < -0.4 is 0 Å². The van der Waals surface area contributed by atoms with Gasteiger partial charge in [0.25, 0.3) is 0 Å². The van der Waals surface area contributed by atoms with Gasteiger partial charge in [-0.25, -0.2) is 0 Å². The zero-order valence-corrected chi connectivity index (χ0v) is 25.7. The average molecular weight is 540 g/mol. The summed E-state index contributed by atoms with van der Waals surface area (Å²) < 4.78 is 5.54. The third-order valence-electron chi connectivity index (χ3n) is 14.4. The van der Waals surface area contributed by atoms with E-state index in [4.69, 9.17) is 4.74 Å². The summed E-state index contributed by atoms with van der Waals surface area (Å²) in [6.07, 6.45) is 10.8. The Morgan fingerprint density at radius 2 is 1.59 bits per heavy atom. The van der Waals surface area contributed by atoms with Crippen LogP contribution in [0.25, 0.3) is 0 Å². The zero-order valence-electron chi connectivity index (χ0n) is 25.7. The highest BCUT2D eigenvalue weighted by Gasteiger charge is 2.70. The lowest BCUT2D eigenvalue weighted by Gasteiger charge is -2.70. The van der Waals surface area contributed by atoms with Crippen molar-refractivity contribution in [2.45, 2.75) is 112 Å². The first-order chi connectivity index (χ1) is 18.1. The summed E-state index contributed by atoms with van der Waals surface area (Å²) in [4.78, 5) is 30.4. The van der Waals surface area contributed by atoms with Crippen molar-refractivity contribution in [3.8, 4) is 0 Å². The predicted molar refractivity (Wildman–Crippen MR) is 153 cm³/mol. The molecule has 1 heterocycles. The molecule has 4 saturated carbocycles. The normalized spacial score (nSPS) is 51.1. The largest absolute Gasteiger partial charge is 0.393 e. The van der Waals surface area contributed by atoms with Crippen LogP contribution in [0.5, 0.6) is 0 Å². The summed E-state index contributed by atoms with van der Waals surface area (Å²) in [7, 11) is 0. The Kier molecular flexibility index (Phi) is 6.20. The van der Waals surface area contributed by atoms with Gasteiger partial charge in [-0.2, -0.15) is 0 Å². The monoisotopic (exact) mass is 539 g/mol. The third kappa shape index (κ3) is 3.63. The number of nitrogens with zero attached hydrogens (tertiary/aromatic N) is 1. The standard InChI is InChI=1S/C34H53NO4/c1-29(2)25-8-11-34(7)27(32(25,5)10-9-26(29)37)24(36)20-22-23-21-31(4,28(38)35-16-18-39-19-17-35)13-12-30(23,3)14-15-33(22,34)6/h20,23,25-27,37H,8-19,21H2,1-7H3/t23-,25+,26+,27-,30-,31+,32-,33-,34+/m1/s1. The number of ketones is 1. The van der Waals surface area contributed by atoms with E-state index < -0.39 is 0 Å². The molecule has 6 aliphatic rings. The summed E-state index contributed by atoms with van der Waals surface area (Å²) in [6, 6.07) is 0. The Morgan fingerprint density at radius 1 is 0.923 bits per heavy atom. The fourth-order valence-electron chi connectivity index (χ4n) is 11.5. The van der Waals surface area contributed by atoms with Crippen molar-refractivity contribution in [1.29, 1.82) is 0 Å². The minimum absolute atomic E-state index is 0.00131. The molecule has 5 fully saturated rings. The fraction of sp³-hybridized carbons (Fsp3) is 0.882. The number of allylic oxidation sites excluding steroid dienone is 2.